The standard InChI is InChI=1S/C20H19FN4O/c1-2-25(18-6-4-3-5-7-18)19(26)16-13-23-20(24-14-16)22-12-15-8-10-17(21)11-9-15/h3-11,13-14H,2,12H2,1H3,(H,22,23,24). The highest BCUT2D eigenvalue weighted by atomic mass is 19.1. The number of carbonyl (C=O) groups is 1. The number of nitrogens with one attached hydrogen (secondary N) is 1. The molecule has 0 saturated carbocycles. The summed E-state index contributed by atoms with van der Waals surface area (Å²) < 4.78 is 12.9. The van der Waals surface area contributed by atoms with E-state index in [1.165, 1.54) is 24.5 Å². The van der Waals surface area contributed by atoms with Crippen molar-refractivity contribution in [2.24, 2.45) is 0 Å². The van der Waals surface area contributed by atoms with Crippen LogP contribution >= 0.6 is 0 Å². The van der Waals surface area contributed by atoms with Gasteiger partial charge in [-0.15, -0.1) is 0 Å². The van der Waals surface area contributed by atoms with Crippen molar-refractivity contribution in [2.75, 3.05) is 16.8 Å². The molecule has 0 bridgehead atoms. The van der Waals surface area contributed by atoms with E-state index < -0.39 is 0 Å². The van der Waals surface area contributed by atoms with Gasteiger partial charge in [0.25, 0.3) is 5.91 Å². The van der Waals surface area contributed by atoms with E-state index in [4.69, 9.17) is 0 Å². The van der Waals surface area contributed by atoms with Gasteiger partial charge in [0.1, 0.15) is 5.82 Å². The molecule has 0 spiro atoms. The van der Waals surface area contributed by atoms with E-state index in [2.05, 4.69) is 15.3 Å². The first-order chi connectivity index (χ1) is 12.7. The third kappa shape index (κ3) is 4.22. The van der Waals surface area contributed by atoms with Crippen LogP contribution < -0.4 is 10.2 Å². The third-order valence-electron chi connectivity index (χ3n) is 3.89. The molecule has 0 fully saturated rings. The third-order valence-corrected chi connectivity index (χ3v) is 3.89. The topological polar surface area (TPSA) is 58.1 Å². The van der Waals surface area contributed by atoms with Crippen LogP contribution in [0.1, 0.15) is 22.8 Å². The van der Waals surface area contributed by atoms with Gasteiger partial charge in [0.2, 0.25) is 5.95 Å². The van der Waals surface area contributed by atoms with Crippen LogP contribution in [0.3, 0.4) is 0 Å². The number of para-hydroxylation sites is 1. The van der Waals surface area contributed by atoms with Gasteiger partial charge in [0.15, 0.2) is 0 Å². The normalized spacial score (nSPS) is 10.4. The molecular formula is C20H19FN4O. The quantitative estimate of drug-likeness (QED) is 0.733. The number of halogens is 1. The van der Waals surface area contributed by atoms with Gasteiger partial charge >= 0.3 is 0 Å². The molecule has 1 N–H and O–H groups in total. The monoisotopic (exact) mass is 350 g/mol. The van der Waals surface area contributed by atoms with Gasteiger partial charge in [-0.25, -0.2) is 14.4 Å². The Bertz CT molecular complexity index is 851. The van der Waals surface area contributed by atoms with Crippen molar-refractivity contribution in [2.45, 2.75) is 13.5 Å². The summed E-state index contributed by atoms with van der Waals surface area (Å²) in [5.74, 6) is -0.0100. The number of hydrogen-bond donors (Lipinski definition) is 1. The summed E-state index contributed by atoms with van der Waals surface area (Å²) >= 11 is 0. The molecule has 3 aromatic rings. The van der Waals surface area contributed by atoms with Crippen molar-refractivity contribution >= 4 is 17.5 Å². The molecule has 0 unspecified atom stereocenters. The molecule has 0 atom stereocenters. The van der Waals surface area contributed by atoms with Crippen molar-refractivity contribution in [3.05, 3.63) is 83.9 Å². The van der Waals surface area contributed by atoms with E-state index in [0.717, 1.165) is 11.3 Å². The summed E-state index contributed by atoms with van der Waals surface area (Å²) in [6.07, 6.45) is 3.02. The molecule has 0 aliphatic heterocycles. The number of amides is 1. The van der Waals surface area contributed by atoms with E-state index >= 15 is 0 Å². The van der Waals surface area contributed by atoms with Crippen LogP contribution in [0.5, 0.6) is 0 Å². The summed E-state index contributed by atoms with van der Waals surface area (Å²) in [6, 6.07) is 15.7. The Hall–Kier alpha value is -3.28. The Labute approximate surface area is 151 Å². The summed E-state index contributed by atoms with van der Waals surface area (Å²) in [5, 5.41) is 3.05. The van der Waals surface area contributed by atoms with Gasteiger partial charge in [-0.05, 0) is 36.8 Å². The zero-order valence-corrected chi connectivity index (χ0v) is 14.4. The minimum atomic E-state index is -0.272. The maximum Gasteiger partial charge on any atom is 0.261 e. The summed E-state index contributed by atoms with van der Waals surface area (Å²) in [6.45, 7) is 2.94. The lowest BCUT2D eigenvalue weighted by Gasteiger charge is -2.20. The minimum absolute atomic E-state index is 0.149. The van der Waals surface area contributed by atoms with E-state index in [1.807, 2.05) is 37.3 Å². The number of hydrogen-bond acceptors (Lipinski definition) is 4. The predicted molar refractivity (Wildman–Crippen MR) is 99.6 cm³/mol. The number of nitrogens with zero attached hydrogens (tertiary/aromatic N) is 3. The Balaban J connectivity index is 1.66. The molecule has 0 saturated heterocycles. The first kappa shape index (κ1) is 17.5. The SMILES string of the molecule is CCN(C(=O)c1cnc(NCc2ccc(F)cc2)nc1)c1ccccc1. The van der Waals surface area contributed by atoms with Crippen LogP contribution in [0.4, 0.5) is 16.0 Å². The number of rotatable bonds is 6. The second-order valence-electron chi connectivity index (χ2n) is 5.66. The predicted octanol–water partition coefficient (Wildman–Crippen LogP) is 3.89. The van der Waals surface area contributed by atoms with E-state index in [9.17, 15) is 9.18 Å². The van der Waals surface area contributed by atoms with Crippen molar-refractivity contribution < 1.29 is 9.18 Å². The van der Waals surface area contributed by atoms with Crippen LogP contribution in [-0.2, 0) is 6.54 Å². The van der Waals surface area contributed by atoms with Gasteiger partial charge in [-0.2, -0.15) is 0 Å². The van der Waals surface area contributed by atoms with Gasteiger partial charge in [-0.3, -0.25) is 4.79 Å². The Morgan fingerprint density at radius 2 is 1.69 bits per heavy atom. The number of aromatic nitrogens is 2. The largest absolute Gasteiger partial charge is 0.350 e. The van der Waals surface area contributed by atoms with E-state index in [1.54, 1.807) is 17.0 Å². The van der Waals surface area contributed by atoms with Crippen LogP contribution in [0.15, 0.2) is 67.0 Å². The van der Waals surface area contributed by atoms with Crippen molar-refractivity contribution in [3.8, 4) is 0 Å². The zero-order chi connectivity index (χ0) is 18.4. The zero-order valence-electron chi connectivity index (χ0n) is 14.4. The first-order valence-electron chi connectivity index (χ1n) is 8.34. The fourth-order valence-corrected chi connectivity index (χ4v) is 2.52. The molecule has 2 aromatic carbocycles. The summed E-state index contributed by atoms with van der Waals surface area (Å²) in [4.78, 5) is 22.8. The van der Waals surface area contributed by atoms with Crippen LogP contribution in [0.25, 0.3) is 0 Å². The fraction of sp³-hybridized carbons (Fsp3) is 0.150. The Morgan fingerprint density at radius 3 is 2.31 bits per heavy atom. The fourth-order valence-electron chi connectivity index (χ4n) is 2.52. The van der Waals surface area contributed by atoms with Gasteiger partial charge < -0.3 is 10.2 Å². The van der Waals surface area contributed by atoms with Gasteiger partial charge in [0, 0.05) is 31.2 Å². The van der Waals surface area contributed by atoms with E-state index in [0.29, 0.717) is 24.6 Å². The molecule has 0 aliphatic carbocycles. The average molecular weight is 350 g/mol. The number of anilines is 2. The van der Waals surface area contributed by atoms with Crippen LogP contribution in [0, 0.1) is 5.82 Å². The molecule has 1 amide bonds. The Kier molecular flexibility index (Phi) is 5.53. The molecule has 3 rings (SSSR count). The molecule has 132 valence electrons. The molecule has 26 heavy (non-hydrogen) atoms. The molecule has 1 heterocycles. The minimum Gasteiger partial charge on any atom is -0.350 e. The highest BCUT2D eigenvalue weighted by molar-refractivity contribution is 6.05. The number of benzene rings is 2. The smallest absolute Gasteiger partial charge is 0.261 e. The molecule has 6 heteroatoms. The molecule has 1 aromatic heterocycles. The molecule has 5 nitrogen and oxygen atoms in total. The Morgan fingerprint density at radius 1 is 1.04 bits per heavy atom. The van der Waals surface area contributed by atoms with Crippen LogP contribution in [0.2, 0.25) is 0 Å². The van der Waals surface area contributed by atoms with Crippen molar-refractivity contribution in [1.82, 2.24) is 9.97 Å². The molecule has 0 aliphatic rings. The van der Waals surface area contributed by atoms with Crippen molar-refractivity contribution in [1.29, 1.82) is 0 Å². The number of carbonyl (C=O) groups excluding carboxylic acids is 1. The lowest BCUT2D eigenvalue weighted by molar-refractivity contribution is 0.0987. The van der Waals surface area contributed by atoms with Gasteiger partial charge in [-0.1, -0.05) is 30.3 Å². The van der Waals surface area contributed by atoms with E-state index in [-0.39, 0.29) is 11.7 Å². The maximum absolute atomic E-state index is 12.9. The van der Waals surface area contributed by atoms with Gasteiger partial charge in [0.05, 0.1) is 5.56 Å². The summed E-state index contributed by atoms with van der Waals surface area (Å²) in [5.41, 5.74) is 2.16. The first-order valence-corrected chi connectivity index (χ1v) is 8.34. The highest BCUT2D eigenvalue weighted by Gasteiger charge is 2.16. The molecular weight excluding hydrogens is 331 g/mol. The van der Waals surface area contributed by atoms with Crippen LogP contribution in [-0.4, -0.2) is 22.4 Å². The molecule has 0 radical (unpaired) electrons. The second kappa shape index (κ2) is 8.20. The highest BCUT2D eigenvalue weighted by Crippen LogP contribution is 2.16. The maximum atomic E-state index is 12.9. The average Bonchev–Trinajstić information content (AvgIpc) is 2.69. The van der Waals surface area contributed by atoms with Crippen molar-refractivity contribution in [3.63, 3.8) is 0 Å². The lowest BCUT2D eigenvalue weighted by atomic mass is 10.2. The summed E-state index contributed by atoms with van der Waals surface area (Å²) in [7, 11) is 0. The lowest BCUT2D eigenvalue weighted by Crippen LogP contribution is -2.30. The second-order valence-corrected chi connectivity index (χ2v) is 5.66.